The third kappa shape index (κ3) is 6.16. The van der Waals surface area contributed by atoms with Crippen LogP contribution in [0.4, 0.5) is 23.4 Å². The smallest absolute Gasteiger partial charge is 0.368 e. The van der Waals surface area contributed by atoms with Gasteiger partial charge in [-0.05, 0) is 69.2 Å². The van der Waals surface area contributed by atoms with Gasteiger partial charge in [0.15, 0.2) is 5.84 Å². The number of benzene rings is 1. The molecule has 1 saturated heterocycles. The summed E-state index contributed by atoms with van der Waals surface area (Å²) < 4.78 is 53.1. The highest BCUT2D eigenvalue weighted by molar-refractivity contribution is 6.11. The molecule has 1 aromatic carbocycles. The highest BCUT2D eigenvalue weighted by Gasteiger charge is 2.34. The van der Waals surface area contributed by atoms with Crippen molar-refractivity contribution in [2.75, 3.05) is 18.4 Å². The summed E-state index contributed by atoms with van der Waals surface area (Å²) in [6, 6.07) is 4.66. The molecule has 2 heterocycles. The Labute approximate surface area is 207 Å². The number of nitrogens with one attached hydrogen (secondary N) is 1. The number of aryl methyl sites for hydroxylation is 1. The van der Waals surface area contributed by atoms with Crippen molar-refractivity contribution in [3.63, 3.8) is 0 Å². The molecular weight excluding hydrogens is 474 g/mol. The number of likely N-dealkylation sites (tertiary alicyclic amines) is 1. The van der Waals surface area contributed by atoms with Gasteiger partial charge in [-0.2, -0.15) is 13.2 Å². The molecule has 36 heavy (non-hydrogen) atoms. The average molecular weight is 504 g/mol. The molecule has 0 saturated carbocycles. The average Bonchev–Trinajstić information content (AvgIpc) is 2.84. The Kier molecular flexibility index (Phi) is 8.60. The van der Waals surface area contributed by atoms with Crippen LogP contribution in [0, 0.1) is 18.7 Å². The first-order valence-electron chi connectivity index (χ1n) is 11.6. The van der Waals surface area contributed by atoms with Gasteiger partial charge < -0.3 is 10.2 Å². The molecule has 3 rings (SSSR count). The zero-order valence-electron chi connectivity index (χ0n) is 20.4. The van der Waals surface area contributed by atoms with Gasteiger partial charge in [-0.3, -0.25) is 4.79 Å². The molecule has 6 nitrogen and oxygen atoms in total. The Hall–Kier alpha value is -3.56. The summed E-state index contributed by atoms with van der Waals surface area (Å²) in [6.45, 7) is 9.65. The maximum atomic E-state index is 14.6. The second kappa shape index (κ2) is 11.5. The molecule has 1 amide bonds. The lowest BCUT2D eigenvalue weighted by Gasteiger charge is -2.40. The Bertz CT molecular complexity index is 1160. The van der Waals surface area contributed by atoms with Crippen molar-refractivity contribution < 1.29 is 22.4 Å². The molecule has 0 radical (unpaired) electrons. The van der Waals surface area contributed by atoms with E-state index in [1.807, 2.05) is 6.92 Å². The zero-order valence-corrected chi connectivity index (χ0v) is 20.4. The molecule has 2 aromatic rings. The molecule has 0 spiro atoms. The number of hydrogen-bond acceptors (Lipinski definition) is 4. The fourth-order valence-corrected chi connectivity index (χ4v) is 4.23. The van der Waals surface area contributed by atoms with Crippen LogP contribution >= 0.6 is 0 Å². The number of allylic oxidation sites excluding steroid dienone is 1. The van der Waals surface area contributed by atoms with Crippen molar-refractivity contribution >= 4 is 24.3 Å². The minimum atomic E-state index is -4.47. The minimum Gasteiger partial charge on any atom is -0.368 e. The van der Waals surface area contributed by atoms with Crippen molar-refractivity contribution in [3.8, 4) is 0 Å². The first-order valence-corrected chi connectivity index (χ1v) is 11.6. The first kappa shape index (κ1) is 27.0. The Morgan fingerprint density at radius 3 is 2.67 bits per heavy atom. The van der Waals surface area contributed by atoms with Crippen LogP contribution in [0.3, 0.4) is 0 Å². The Balaban J connectivity index is 1.90. The Morgan fingerprint density at radius 1 is 1.31 bits per heavy atom. The fourth-order valence-electron chi connectivity index (χ4n) is 4.23. The normalized spacial score (nSPS) is 19.0. The number of aromatic nitrogens is 1. The van der Waals surface area contributed by atoms with Crippen molar-refractivity contribution in [2.45, 2.75) is 45.8 Å². The van der Waals surface area contributed by atoms with Gasteiger partial charge in [0.2, 0.25) is 0 Å². The van der Waals surface area contributed by atoms with Crippen LogP contribution in [0.15, 0.2) is 52.7 Å². The highest BCUT2D eigenvalue weighted by Crippen LogP contribution is 2.30. The van der Waals surface area contributed by atoms with Crippen molar-refractivity contribution in [1.82, 2.24) is 9.88 Å². The third-order valence-corrected chi connectivity index (χ3v) is 6.23. The predicted octanol–water partition coefficient (Wildman–Crippen LogP) is 5.88. The lowest BCUT2D eigenvalue weighted by Crippen LogP contribution is -2.51. The van der Waals surface area contributed by atoms with Crippen molar-refractivity contribution in [1.29, 1.82) is 0 Å². The number of halogens is 4. The SMILES string of the molecule is C=NC(=N/C=C\C)c1cc(C)c(F)cc1C(=O)N1CCC[C@@H](C)C1CNc1ccc(C(F)(F)F)cn1. The van der Waals surface area contributed by atoms with E-state index < -0.39 is 17.6 Å². The first-order chi connectivity index (χ1) is 17.1. The van der Waals surface area contributed by atoms with Crippen molar-refractivity contribution in [2.24, 2.45) is 15.9 Å². The molecule has 1 N–H and O–H groups in total. The highest BCUT2D eigenvalue weighted by atomic mass is 19.4. The van der Waals surface area contributed by atoms with Crippen LogP contribution < -0.4 is 5.32 Å². The molecule has 10 heteroatoms. The number of hydrogen-bond donors (Lipinski definition) is 1. The summed E-state index contributed by atoms with van der Waals surface area (Å²) in [5.41, 5.74) is 0.00913. The van der Waals surface area contributed by atoms with Gasteiger partial charge >= 0.3 is 6.18 Å². The van der Waals surface area contributed by atoms with Gasteiger partial charge in [-0.25, -0.2) is 19.4 Å². The molecule has 1 aliphatic heterocycles. The number of alkyl halides is 3. The summed E-state index contributed by atoms with van der Waals surface area (Å²) in [6.07, 6.45) is 1.16. The second-order valence-corrected chi connectivity index (χ2v) is 8.74. The number of piperidine rings is 1. The maximum Gasteiger partial charge on any atom is 0.417 e. The number of rotatable bonds is 6. The molecular formula is C26H29F4N5O. The van der Waals surface area contributed by atoms with Crippen molar-refractivity contribution in [3.05, 3.63) is 70.8 Å². The van der Waals surface area contributed by atoms with Crippen LogP contribution in [0.1, 0.15) is 53.7 Å². The molecule has 1 fully saturated rings. The summed E-state index contributed by atoms with van der Waals surface area (Å²) in [5.74, 6) is -0.332. The number of carbonyl (C=O) groups excluding carboxylic acids is 1. The molecule has 1 unspecified atom stereocenters. The number of amidine groups is 1. The second-order valence-electron chi connectivity index (χ2n) is 8.74. The molecule has 192 valence electrons. The molecule has 0 aliphatic carbocycles. The monoisotopic (exact) mass is 503 g/mol. The van der Waals surface area contributed by atoms with E-state index in [9.17, 15) is 22.4 Å². The van der Waals surface area contributed by atoms with E-state index >= 15 is 0 Å². The number of amides is 1. The summed E-state index contributed by atoms with van der Waals surface area (Å²) in [7, 11) is 0. The van der Waals surface area contributed by atoms with E-state index in [1.54, 1.807) is 24.8 Å². The lowest BCUT2D eigenvalue weighted by molar-refractivity contribution is -0.137. The van der Waals surface area contributed by atoms with Gasteiger partial charge in [-0.1, -0.05) is 13.0 Å². The third-order valence-electron chi connectivity index (χ3n) is 6.23. The van der Waals surface area contributed by atoms with Crippen LogP contribution in [-0.2, 0) is 6.18 Å². The molecule has 2 atom stereocenters. The topological polar surface area (TPSA) is 70.0 Å². The Morgan fingerprint density at radius 2 is 2.06 bits per heavy atom. The fraction of sp³-hybridized carbons (Fsp3) is 0.385. The van der Waals surface area contributed by atoms with E-state index in [0.717, 1.165) is 25.1 Å². The van der Waals surface area contributed by atoms with Gasteiger partial charge in [0.25, 0.3) is 5.91 Å². The molecule has 1 aromatic heterocycles. The van der Waals surface area contributed by atoms with E-state index in [1.165, 1.54) is 24.4 Å². The molecule has 1 aliphatic rings. The van der Waals surface area contributed by atoms with Gasteiger partial charge in [-0.15, -0.1) is 0 Å². The predicted molar refractivity (Wildman–Crippen MR) is 133 cm³/mol. The number of pyridine rings is 1. The molecule has 0 bridgehead atoms. The number of anilines is 1. The largest absolute Gasteiger partial charge is 0.417 e. The van der Waals surface area contributed by atoms with Gasteiger partial charge in [0, 0.05) is 31.0 Å². The van der Waals surface area contributed by atoms with E-state index in [4.69, 9.17) is 0 Å². The number of nitrogens with zero attached hydrogens (tertiary/aromatic N) is 4. The standard InChI is InChI=1S/C26H29F4N5O/c1-5-10-32-24(31-4)19-12-17(3)21(27)13-20(19)25(36)35-11-6-7-16(2)22(35)15-34-23-9-8-18(14-33-23)26(28,29)30/h5,8-10,12-14,16,22H,4,6-7,11,15H2,1-3H3,(H,33,34)/b10-5-,32-24?/t16-,22?/m1/s1. The van der Waals surface area contributed by atoms with Crippen LogP contribution in [-0.4, -0.2) is 47.5 Å². The maximum absolute atomic E-state index is 14.6. The van der Waals surface area contributed by atoms with E-state index in [0.29, 0.717) is 17.7 Å². The summed E-state index contributed by atoms with van der Waals surface area (Å²) in [5, 5.41) is 3.05. The number of aliphatic imine (C=N–C) groups is 2. The zero-order chi connectivity index (χ0) is 26.5. The minimum absolute atomic E-state index is 0.0945. The van der Waals surface area contributed by atoms with Crippen LogP contribution in [0.25, 0.3) is 0 Å². The number of carbonyl (C=O) groups is 1. The van der Waals surface area contributed by atoms with E-state index in [-0.39, 0.29) is 41.6 Å². The van der Waals surface area contributed by atoms with Gasteiger partial charge in [0.1, 0.15) is 11.6 Å². The summed E-state index contributed by atoms with van der Waals surface area (Å²) >= 11 is 0. The summed E-state index contributed by atoms with van der Waals surface area (Å²) in [4.78, 5) is 27.5. The lowest BCUT2D eigenvalue weighted by atomic mass is 9.89. The quantitative estimate of drug-likeness (QED) is 0.304. The van der Waals surface area contributed by atoms with Crippen LogP contribution in [0.2, 0.25) is 0 Å². The van der Waals surface area contributed by atoms with Gasteiger partial charge in [0.05, 0.1) is 17.2 Å². The van der Waals surface area contributed by atoms with E-state index in [2.05, 4.69) is 27.0 Å². The van der Waals surface area contributed by atoms with Crippen LogP contribution in [0.5, 0.6) is 0 Å².